The van der Waals surface area contributed by atoms with Crippen molar-refractivity contribution in [2.24, 2.45) is 5.92 Å². The first-order chi connectivity index (χ1) is 16.4. The largest absolute Gasteiger partial charge is 0.444 e. The molecule has 0 fully saturated rings. The lowest BCUT2D eigenvalue weighted by atomic mass is 9.96. The Labute approximate surface area is 212 Å². The van der Waals surface area contributed by atoms with Crippen LogP contribution >= 0.6 is 0 Å². The summed E-state index contributed by atoms with van der Waals surface area (Å²) >= 11 is 0. The van der Waals surface area contributed by atoms with Gasteiger partial charge < -0.3 is 20.3 Å². The molecule has 0 saturated carbocycles. The van der Waals surface area contributed by atoms with Crippen molar-refractivity contribution in [2.45, 2.75) is 105 Å². The predicted molar refractivity (Wildman–Crippen MR) is 141 cm³/mol. The van der Waals surface area contributed by atoms with E-state index in [-0.39, 0.29) is 17.7 Å². The molecule has 35 heavy (non-hydrogen) atoms. The molecule has 0 heterocycles. The van der Waals surface area contributed by atoms with Crippen LogP contribution in [-0.4, -0.2) is 47.5 Å². The molecule has 2 atom stereocenters. The van der Waals surface area contributed by atoms with Crippen molar-refractivity contribution in [1.82, 2.24) is 15.5 Å². The van der Waals surface area contributed by atoms with Gasteiger partial charge >= 0.3 is 6.09 Å². The number of hydrogen-bond acceptors (Lipinski definition) is 4. The number of nitrogens with one attached hydrogen (secondary N) is 2. The Bertz CT molecular complexity index is 817. The maximum absolute atomic E-state index is 14.0. The standard InChI is InChI=1S/C28H47N3O4/c1-9-11-17-29-25(32)24(22-16-14-13-15-21(22)5)31(18-12-10-2)26(33)23(19-20(3)4)30-27(34)35-28(6,7)8/h13-16,20,23-24H,9-12,17-19H2,1-8H3,(H,29,32)(H,30,34). The normalized spacial score (nSPS) is 13.2. The molecule has 0 saturated heterocycles. The van der Waals surface area contributed by atoms with E-state index < -0.39 is 23.8 Å². The molecule has 1 aromatic carbocycles. The second-order valence-electron chi connectivity index (χ2n) is 10.6. The van der Waals surface area contributed by atoms with Crippen LogP contribution < -0.4 is 10.6 Å². The van der Waals surface area contributed by atoms with E-state index in [0.29, 0.717) is 19.5 Å². The summed E-state index contributed by atoms with van der Waals surface area (Å²) in [5.74, 6) is -0.308. The van der Waals surface area contributed by atoms with Crippen LogP contribution in [0.15, 0.2) is 24.3 Å². The predicted octanol–water partition coefficient (Wildman–Crippen LogP) is 5.52. The summed E-state index contributed by atoms with van der Waals surface area (Å²) in [6.07, 6.45) is 3.26. The summed E-state index contributed by atoms with van der Waals surface area (Å²) in [6, 6.07) is 6.11. The highest BCUT2D eigenvalue weighted by Crippen LogP contribution is 2.27. The number of alkyl carbamates (subject to hydrolysis) is 1. The summed E-state index contributed by atoms with van der Waals surface area (Å²) < 4.78 is 5.44. The minimum Gasteiger partial charge on any atom is -0.444 e. The van der Waals surface area contributed by atoms with E-state index in [1.54, 1.807) is 25.7 Å². The van der Waals surface area contributed by atoms with Crippen molar-refractivity contribution in [3.63, 3.8) is 0 Å². The summed E-state index contributed by atoms with van der Waals surface area (Å²) in [5, 5.41) is 5.82. The van der Waals surface area contributed by atoms with Gasteiger partial charge in [0.05, 0.1) is 0 Å². The number of aryl methyl sites for hydroxylation is 1. The van der Waals surface area contributed by atoms with Gasteiger partial charge in [0, 0.05) is 13.1 Å². The molecule has 0 spiro atoms. The molecule has 0 aromatic heterocycles. The lowest BCUT2D eigenvalue weighted by Gasteiger charge is -2.35. The second kappa shape index (κ2) is 14.7. The van der Waals surface area contributed by atoms with Gasteiger partial charge in [0.1, 0.15) is 17.7 Å². The quantitative estimate of drug-likeness (QED) is 0.357. The van der Waals surface area contributed by atoms with Crippen LogP contribution in [0.25, 0.3) is 0 Å². The Morgan fingerprint density at radius 3 is 2.20 bits per heavy atom. The minimum absolute atomic E-state index is 0.155. The smallest absolute Gasteiger partial charge is 0.408 e. The third-order valence-corrected chi connectivity index (χ3v) is 5.60. The Kier molecular flexibility index (Phi) is 12.8. The highest BCUT2D eigenvalue weighted by Gasteiger charge is 2.36. The average molecular weight is 490 g/mol. The van der Waals surface area contributed by atoms with E-state index in [2.05, 4.69) is 24.5 Å². The van der Waals surface area contributed by atoms with Gasteiger partial charge in [-0.15, -0.1) is 0 Å². The SMILES string of the molecule is CCCCNC(=O)C(c1ccccc1C)N(CCCC)C(=O)C(CC(C)C)NC(=O)OC(C)(C)C. The number of amides is 3. The molecule has 1 rings (SSSR count). The number of ether oxygens (including phenoxy) is 1. The van der Waals surface area contributed by atoms with Crippen LogP contribution in [-0.2, 0) is 14.3 Å². The number of rotatable bonds is 13. The molecule has 0 radical (unpaired) electrons. The molecule has 7 nitrogen and oxygen atoms in total. The van der Waals surface area contributed by atoms with Gasteiger partial charge in [-0.05, 0) is 64.0 Å². The van der Waals surface area contributed by atoms with Crippen LogP contribution in [0.2, 0.25) is 0 Å². The van der Waals surface area contributed by atoms with Crippen molar-refractivity contribution in [3.05, 3.63) is 35.4 Å². The third-order valence-electron chi connectivity index (χ3n) is 5.60. The number of carbonyl (C=O) groups is 3. The molecule has 0 aliphatic heterocycles. The number of nitrogens with zero attached hydrogens (tertiary/aromatic N) is 1. The lowest BCUT2D eigenvalue weighted by molar-refractivity contribution is -0.143. The molecule has 3 amide bonds. The molecule has 7 heteroatoms. The van der Waals surface area contributed by atoms with Crippen LogP contribution in [0.4, 0.5) is 4.79 Å². The van der Waals surface area contributed by atoms with Crippen molar-refractivity contribution >= 4 is 17.9 Å². The third kappa shape index (κ3) is 10.7. The summed E-state index contributed by atoms with van der Waals surface area (Å²) in [7, 11) is 0. The van der Waals surface area contributed by atoms with Crippen molar-refractivity contribution in [2.75, 3.05) is 13.1 Å². The van der Waals surface area contributed by atoms with Gasteiger partial charge in [-0.2, -0.15) is 0 Å². The van der Waals surface area contributed by atoms with Crippen molar-refractivity contribution in [3.8, 4) is 0 Å². The zero-order chi connectivity index (χ0) is 26.6. The van der Waals surface area contributed by atoms with Crippen molar-refractivity contribution < 1.29 is 19.1 Å². The van der Waals surface area contributed by atoms with E-state index >= 15 is 0 Å². The van der Waals surface area contributed by atoms with Crippen LogP contribution in [0, 0.1) is 12.8 Å². The van der Waals surface area contributed by atoms with E-state index in [4.69, 9.17) is 4.74 Å². The minimum atomic E-state index is -0.795. The summed E-state index contributed by atoms with van der Waals surface area (Å²) in [6.45, 7) is 16.4. The molecule has 2 N–H and O–H groups in total. The number of unbranched alkanes of at least 4 members (excludes halogenated alkanes) is 2. The van der Waals surface area contributed by atoms with Gasteiger partial charge in [0.15, 0.2) is 0 Å². The molecular weight excluding hydrogens is 442 g/mol. The second-order valence-corrected chi connectivity index (χ2v) is 10.6. The van der Waals surface area contributed by atoms with Gasteiger partial charge in [-0.25, -0.2) is 4.79 Å². The van der Waals surface area contributed by atoms with Gasteiger partial charge in [0.2, 0.25) is 11.8 Å². The monoisotopic (exact) mass is 489 g/mol. The van der Waals surface area contributed by atoms with Crippen LogP contribution in [0.1, 0.15) is 97.7 Å². The number of hydrogen-bond donors (Lipinski definition) is 2. The van der Waals surface area contributed by atoms with Gasteiger partial charge in [-0.3, -0.25) is 9.59 Å². The Hall–Kier alpha value is -2.57. The Morgan fingerprint density at radius 1 is 1.03 bits per heavy atom. The van der Waals surface area contributed by atoms with Crippen LogP contribution in [0.5, 0.6) is 0 Å². The highest BCUT2D eigenvalue weighted by atomic mass is 16.6. The van der Waals surface area contributed by atoms with E-state index in [0.717, 1.165) is 36.8 Å². The number of benzene rings is 1. The fourth-order valence-corrected chi connectivity index (χ4v) is 3.87. The summed E-state index contributed by atoms with van der Waals surface area (Å²) in [5.41, 5.74) is 1.06. The van der Waals surface area contributed by atoms with Gasteiger partial charge in [0.25, 0.3) is 0 Å². The zero-order valence-electron chi connectivity index (χ0n) is 23.1. The molecule has 1 aromatic rings. The first kappa shape index (κ1) is 30.5. The molecule has 0 aliphatic rings. The van der Waals surface area contributed by atoms with Gasteiger partial charge in [-0.1, -0.05) is 64.8 Å². The summed E-state index contributed by atoms with van der Waals surface area (Å²) in [4.78, 5) is 41.8. The first-order valence-corrected chi connectivity index (χ1v) is 13.0. The Morgan fingerprint density at radius 2 is 1.66 bits per heavy atom. The maximum Gasteiger partial charge on any atom is 0.408 e. The average Bonchev–Trinajstić information content (AvgIpc) is 2.75. The molecular formula is C28H47N3O4. The fourth-order valence-electron chi connectivity index (χ4n) is 3.87. The molecule has 0 bridgehead atoms. The van der Waals surface area contributed by atoms with Crippen molar-refractivity contribution in [1.29, 1.82) is 0 Å². The Balaban J connectivity index is 3.42. The molecule has 2 unspecified atom stereocenters. The molecule has 198 valence electrons. The zero-order valence-corrected chi connectivity index (χ0v) is 23.1. The number of carbonyl (C=O) groups excluding carboxylic acids is 3. The van der Waals surface area contributed by atoms with E-state index in [1.165, 1.54) is 0 Å². The fraction of sp³-hybridized carbons (Fsp3) is 0.679. The molecule has 0 aliphatic carbocycles. The van der Waals surface area contributed by atoms with E-state index in [1.807, 2.05) is 45.0 Å². The topological polar surface area (TPSA) is 87.7 Å². The van der Waals surface area contributed by atoms with E-state index in [9.17, 15) is 14.4 Å². The van der Waals surface area contributed by atoms with Crippen LogP contribution in [0.3, 0.4) is 0 Å². The lowest BCUT2D eigenvalue weighted by Crippen LogP contribution is -2.53. The maximum atomic E-state index is 14.0. The first-order valence-electron chi connectivity index (χ1n) is 13.0. The highest BCUT2D eigenvalue weighted by molar-refractivity contribution is 5.92.